The lowest BCUT2D eigenvalue weighted by molar-refractivity contribution is 0.0306. The Bertz CT molecular complexity index is 587. The van der Waals surface area contributed by atoms with Crippen LogP contribution in [0, 0.1) is 5.41 Å². The highest BCUT2D eigenvalue weighted by molar-refractivity contribution is 5.70. The number of carbonyl (C=O) groups is 1. The third-order valence-electron chi connectivity index (χ3n) is 4.65. The van der Waals surface area contributed by atoms with Crippen molar-refractivity contribution >= 4 is 6.09 Å². The Hall–Kier alpha value is -1.77. The van der Waals surface area contributed by atoms with Gasteiger partial charge < -0.3 is 4.74 Å². The Balaban J connectivity index is 1.84. The van der Waals surface area contributed by atoms with Crippen LogP contribution >= 0.6 is 0 Å². The van der Waals surface area contributed by atoms with E-state index >= 15 is 0 Å². The molecule has 3 rings (SSSR count). The summed E-state index contributed by atoms with van der Waals surface area (Å²) in [6.07, 6.45) is 4.87. The van der Waals surface area contributed by atoms with Gasteiger partial charge in [0.25, 0.3) is 0 Å². The number of fused-ring (bicyclic) bond motifs is 1. The summed E-state index contributed by atoms with van der Waals surface area (Å²) >= 11 is 0. The normalized spacial score (nSPS) is 30.8. The fourth-order valence-electron chi connectivity index (χ4n) is 3.36. The van der Waals surface area contributed by atoms with E-state index in [1.807, 2.05) is 33.0 Å². The molecule has 21 heavy (non-hydrogen) atoms. The second-order valence-corrected chi connectivity index (χ2v) is 7.47. The van der Waals surface area contributed by atoms with Gasteiger partial charge in [0.15, 0.2) is 0 Å². The van der Waals surface area contributed by atoms with Gasteiger partial charge in [-0.05, 0) is 38.2 Å². The highest BCUT2D eigenvalue weighted by Gasteiger charge is 2.65. The molecular formula is C18H23NO2. The van der Waals surface area contributed by atoms with Gasteiger partial charge in [0.2, 0.25) is 0 Å². The Morgan fingerprint density at radius 1 is 1.24 bits per heavy atom. The lowest BCUT2D eigenvalue weighted by Crippen LogP contribution is -2.41. The van der Waals surface area contributed by atoms with Crippen molar-refractivity contribution in [3.8, 4) is 0 Å². The molecule has 0 unspecified atom stereocenters. The molecule has 0 spiro atoms. The Labute approximate surface area is 126 Å². The Kier molecular flexibility index (Phi) is 2.94. The third-order valence-corrected chi connectivity index (χ3v) is 4.65. The van der Waals surface area contributed by atoms with Crippen molar-refractivity contribution in [1.82, 2.24) is 4.90 Å². The minimum atomic E-state index is -0.463. The minimum Gasteiger partial charge on any atom is -0.443 e. The van der Waals surface area contributed by atoms with Crippen molar-refractivity contribution < 1.29 is 9.53 Å². The standard InChI is InChI=1S/C18H23NO2/c1-16(2,3)21-15(20)19-11-10-17(4)12-18(17,13-19)14-8-6-5-7-9-14/h5-11H,12-13H2,1-4H3/t17-,18-/m0/s1. The summed E-state index contributed by atoms with van der Waals surface area (Å²) < 4.78 is 5.49. The van der Waals surface area contributed by atoms with E-state index in [9.17, 15) is 4.79 Å². The van der Waals surface area contributed by atoms with E-state index in [2.05, 4.69) is 37.3 Å². The molecule has 0 radical (unpaired) electrons. The largest absolute Gasteiger partial charge is 0.443 e. The number of hydrogen-bond donors (Lipinski definition) is 0. The van der Waals surface area contributed by atoms with E-state index in [-0.39, 0.29) is 16.9 Å². The second kappa shape index (κ2) is 4.36. The molecule has 112 valence electrons. The first-order valence-electron chi connectivity index (χ1n) is 7.50. The lowest BCUT2D eigenvalue weighted by atomic mass is 9.85. The number of allylic oxidation sites excluding steroid dienone is 1. The number of benzene rings is 1. The predicted molar refractivity (Wildman–Crippen MR) is 82.9 cm³/mol. The van der Waals surface area contributed by atoms with Crippen molar-refractivity contribution in [3.05, 3.63) is 48.2 Å². The average Bonchev–Trinajstić information content (AvgIpc) is 3.04. The highest BCUT2D eigenvalue weighted by Crippen LogP contribution is 2.67. The van der Waals surface area contributed by atoms with Gasteiger partial charge in [0.1, 0.15) is 5.60 Å². The number of ether oxygens (including phenoxy) is 1. The molecule has 1 aromatic rings. The minimum absolute atomic E-state index is 0.0416. The molecule has 2 aliphatic rings. The van der Waals surface area contributed by atoms with E-state index in [1.165, 1.54) is 5.56 Å². The first-order chi connectivity index (χ1) is 9.76. The van der Waals surface area contributed by atoms with Crippen molar-refractivity contribution in [2.45, 2.75) is 45.1 Å². The maximum atomic E-state index is 12.3. The van der Waals surface area contributed by atoms with Gasteiger partial charge in [-0.3, -0.25) is 4.90 Å². The lowest BCUT2D eigenvalue weighted by Gasteiger charge is -2.33. The zero-order valence-corrected chi connectivity index (χ0v) is 13.2. The molecule has 3 nitrogen and oxygen atoms in total. The molecule has 0 saturated heterocycles. The van der Waals surface area contributed by atoms with Gasteiger partial charge in [-0.1, -0.05) is 43.3 Å². The highest BCUT2D eigenvalue weighted by atomic mass is 16.6. The molecular weight excluding hydrogens is 262 g/mol. The quantitative estimate of drug-likeness (QED) is 0.777. The van der Waals surface area contributed by atoms with Gasteiger partial charge in [0, 0.05) is 18.2 Å². The van der Waals surface area contributed by atoms with E-state index in [1.54, 1.807) is 4.90 Å². The molecule has 1 amide bonds. The maximum Gasteiger partial charge on any atom is 0.414 e. The van der Waals surface area contributed by atoms with Crippen LogP contribution in [0.3, 0.4) is 0 Å². The number of carbonyl (C=O) groups excluding carboxylic acids is 1. The fraction of sp³-hybridized carbons (Fsp3) is 0.500. The Morgan fingerprint density at radius 3 is 2.52 bits per heavy atom. The van der Waals surface area contributed by atoms with E-state index in [4.69, 9.17) is 4.74 Å². The van der Waals surface area contributed by atoms with E-state index in [0.717, 1.165) is 6.42 Å². The molecule has 2 atom stereocenters. The molecule has 0 N–H and O–H groups in total. The van der Waals surface area contributed by atoms with Gasteiger partial charge in [-0.2, -0.15) is 0 Å². The van der Waals surface area contributed by atoms with Crippen LogP contribution in [0.15, 0.2) is 42.6 Å². The summed E-state index contributed by atoms with van der Waals surface area (Å²) in [4.78, 5) is 14.0. The molecule has 1 fully saturated rings. The van der Waals surface area contributed by atoms with Gasteiger partial charge in [-0.25, -0.2) is 4.79 Å². The molecule has 1 aliphatic heterocycles. The number of rotatable bonds is 1. The summed E-state index contributed by atoms with van der Waals surface area (Å²) in [6.45, 7) is 8.65. The van der Waals surface area contributed by atoms with Crippen LogP contribution in [0.25, 0.3) is 0 Å². The van der Waals surface area contributed by atoms with Crippen molar-refractivity contribution in [2.24, 2.45) is 5.41 Å². The van der Waals surface area contributed by atoms with E-state index < -0.39 is 5.60 Å². The molecule has 1 saturated carbocycles. The third kappa shape index (κ3) is 2.35. The van der Waals surface area contributed by atoms with Gasteiger partial charge in [-0.15, -0.1) is 0 Å². The van der Waals surface area contributed by atoms with Crippen molar-refractivity contribution in [1.29, 1.82) is 0 Å². The van der Waals surface area contributed by atoms with Gasteiger partial charge >= 0.3 is 6.09 Å². The summed E-state index contributed by atoms with van der Waals surface area (Å²) in [5.74, 6) is 0. The SMILES string of the molecule is CC(C)(C)OC(=O)N1C=C[C@@]2(C)C[C@@]2(c2ccccc2)C1. The number of nitrogens with zero attached hydrogens (tertiary/aromatic N) is 1. The molecule has 1 heterocycles. The van der Waals surface area contributed by atoms with Crippen molar-refractivity contribution in [3.63, 3.8) is 0 Å². The zero-order chi connectivity index (χ0) is 15.3. The van der Waals surface area contributed by atoms with Crippen LogP contribution in [0.2, 0.25) is 0 Å². The van der Waals surface area contributed by atoms with Crippen LogP contribution in [0.4, 0.5) is 4.79 Å². The van der Waals surface area contributed by atoms with Gasteiger partial charge in [0.05, 0.1) is 0 Å². The van der Waals surface area contributed by atoms with Crippen LogP contribution in [0.1, 0.15) is 39.7 Å². The van der Waals surface area contributed by atoms with Crippen LogP contribution in [-0.4, -0.2) is 23.1 Å². The molecule has 1 aromatic carbocycles. The predicted octanol–water partition coefficient (Wildman–Crippen LogP) is 4.10. The smallest absolute Gasteiger partial charge is 0.414 e. The topological polar surface area (TPSA) is 29.5 Å². The number of hydrogen-bond acceptors (Lipinski definition) is 2. The summed E-state index contributed by atoms with van der Waals surface area (Å²) in [6, 6.07) is 10.5. The Morgan fingerprint density at radius 2 is 1.90 bits per heavy atom. The van der Waals surface area contributed by atoms with E-state index in [0.29, 0.717) is 6.54 Å². The first-order valence-corrected chi connectivity index (χ1v) is 7.50. The second-order valence-electron chi connectivity index (χ2n) is 7.47. The zero-order valence-electron chi connectivity index (χ0n) is 13.2. The average molecular weight is 285 g/mol. The first kappa shape index (κ1) is 14.2. The summed E-state index contributed by atoms with van der Waals surface area (Å²) in [5.41, 5.74) is 1.05. The molecule has 0 bridgehead atoms. The summed E-state index contributed by atoms with van der Waals surface area (Å²) in [5, 5.41) is 0. The summed E-state index contributed by atoms with van der Waals surface area (Å²) in [7, 11) is 0. The monoisotopic (exact) mass is 285 g/mol. The maximum absolute atomic E-state index is 12.3. The molecule has 1 aliphatic carbocycles. The van der Waals surface area contributed by atoms with Crippen LogP contribution in [-0.2, 0) is 10.2 Å². The number of amides is 1. The van der Waals surface area contributed by atoms with Crippen LogP contribution < -0.4 is 0 Å². The van der Waals surface area contributed by atoms with Crippen molar-refractivity contribution in [2.75, 3.05) is 6.54 Å². The fourth-order valence-corrected chi connectivity index (χ4v) is 3.36. The molecule has 3 heteroatoms. The van der Waals surface area contributed by atoms with Crippen LogP contribution in [0.5, 0.6) is 0 Å². The molecule has 0 aromatic heterocycles.